The zero-order chi connectivity index (χ0) is 22.7. The fraction of sp³-hybridized carbons (Fsp3) is 0.185. The summed E-state index contributed by atoms with van der Waals surface area (Å²) in [6.07, 6.45) is 5.27. The maximum absolute atomic E-state index is 12.4. The summed E-state index contributed by atoms with van der Waals surface area (Å²) in [5.74, 6) is 1.12. The normalized spacial score (nSPS) is 11.4. The number of imidazole rings is 1. The summed E-state index contributed by atoms with van der Waals surface area (Å²) in [7, 11) is 1.65. The number of pyridine rings is 1. The zero-order valence-electron chi connectivity index (χ0n) is 18.8. The van der Waals surface area contributed by atoms with E-state index in [-0.39, 0.29) is 5.91 Å². The molecule has 0 bridgehead atoms. The van der Waals surface area contributed by atoms with Gasteiger partial charge < -0.3 is 14.5 Å². The Morgan fingerprint density at radius 2 is 1.75 bits per heavy atom. The third kappa shape index (κ3) is 4.57. The van der Waals surface area contributed by atoms with E-state index < -0.39 is 0 Å². The smallest absolute Gasteiger partial charge is 0.248 e. The van der Waals surface area contributed by atoms with Gasteiger partial charge in [-0.2, -0.15) is 0 Å². The second kappa shape index (κ2) is 9.10. The topological polar surface area (TPSA) is 55.6 Å². The number of methoxy groups -OCH3 is 1. The van der Waals surface area contributed by atoms with Gasteiger partial charge in [-0.05, 0) is 66.4 Å². The van der Waals surface area contributed by atoms with Gasteiger partial charge in [-0.3, -0.25) is 4.79 Å². The van der Waals surface area contributed by atoms with E-state index in [0.717, 1.165) is 33.9 Å². The van der Waals surface area contributed by atoms with E-state index in [2.05, 4.69) is 31.3 Å². The van der Waals surface area contributed by atoms with Crippen molar-refractivity contribution in [1.29, 1.82) is 0 Å². The van der Waals surface area contributed by atoms with Crippen LogP contribution in [0, 0.1) is 6.92 Å². The van der Waals surface area contributed by atoms with Crippen molar-refractivity contribution >= 4 is 23.3 Å². The lowest BCUT2D eigenvalue weighted by Crippen LogP contribution is -2.08. The lowest BCUT2D eigenvalue weighted by Gasteiger charge is -2.05. The van der Waals surface area contributed by atoms with Gasteiger partial charge in [0.05, 0.1) is 18.5 Å². The molecule has 0 atom stereocenters. The summed E-state index contributed by atoms with van der Waals surface area (Å²) in [5, 5.41) is 2.93. The number of ether oxygens (including phenoxy) is 1. The van der Waals surface area contributed by atoms with Gasteiger partial charge in [0.25, 0.3) is 0 Å². The molecule has 0 aliphatic rings. The monoisotopic (exact) mass is 425 g/mol. The van der Waals surface area contributed by atoms with E-state index in [4.69, 9.17) is 9.72 Å². The van der Waals surface area contributed by atoms with Crippen LogP contribution in [0.1, 0.15) is 36.6 Å². The van der Waals surface area contributed by atoms with Crippen LogP contribution in [0.3, 0.4) is 0 Å². The van der Waals surface area contributed by atoms with E-state index in [1.807, 2.05) is 72.1 Å². The fourth-order valence-corrected chi connectivity index (χ4v) is 3.61. The summed E-state index contributed by atoms with van der Waals surface area (Å²) in [5.41, 5.74) is 6.74. The minimum Gasteiger partial charge on any atom is -0.497 e. The largest absolute Gasteiger partial charge is 0.497 e. The highest BCUT2D eigenvalue weighted by Gasteiger charge is 2.11. The Bertz CT molecular complexity index is 1270. The van der Waals surface area contributed by atoms with Gasteiger partial charge in [0, 0.05) is 23.5 Å². The van der Waals surface area contributed by atoms with Crippen LogP contribution in [-0.4, -0.2) is 22.4 Å². The number of nitrogens with zero attached hydrogens (tertiary/aromatic N) is 2. The number of anilines is 1. The number of nitrogens with one attached hydrogen (secondary N) is 1. The number of aryl methyl sites for hydroxylation is 1. The lowest BCUT2D eigenvalue weighted by molar-refractivity contribution is -0.111. The molecule has 4 aromatic rings. The van der Waals surface area contributed by atoms with Crippen LogP contribution in [0.2, 0.25) is 0 Å². The van der Waals surface area contributed by atoms with Gasteiger partial charge in [-0.25, -0.2) is 4.98 Å². The molecule has 2 aromatic carbocycles. The number of carbonyl (C=O) groups excluding carboxylic acids is 1. The third-order valence-electron chi connectivity index (χ3n) is 5.52. The maximum Gasteiger partial charge on any atom is 0.248 e. The molecule has 1 N–H and O–H groups in total. The summed E-state index contributed by atoms with van der Waals surface area (Å²) >= 11 is 0. The van der Waals surface area contributed by atoms with Crippen LogP contribution in [0.4, 0.5) is 5.69 Å². The number of carbonyl (C=O) groups is 1. The number of hydrogen-bond donors (Lipinski definition) is 1. The SMILES string of the molecule is COc1ccc(-c2nc3ccc(NC(=O)/C=C/c4ccc(C(C)C)cc4)cn3c2C)cc1. The number of rotatable bonds is 6. The Labute approximate surface area is 188 Å². The van der Waals surface area contributed by atoms with Crippen molar-refractivity contribution in [2.75, 3.05) is 12.4 Å². The molecule has 32 heavy (non-hydrogen) atoms. The number of amides is 1. The predicted octanol–water partition coefficient (Wildman–Crippen LogP) is 6.09. The van der Waals surface area contributed by atoms with Crippen molar-refractivity contribution in [3.63, 3.8) is 0 Å². The van der Waals surface area contributed by atoms with Gasteiger partial charge >= 0.3 is 0 Å². The first-order valence-corrected chi connectivity index (χ1v) is 10.7. The molecule has 162 valence electrons. The molecule has 0 spiro atoms. The first-order chi connectivity index (χ1) is 15.4. The minimum absolute atomic E-state index is 0.176. The molecular formula is C27H27N3O2. The molecule has 0 radical (unpaired) electrons. The summed E-state index contributed by atoms with van der Waals surface area (Å²) < 4.78 is 7.23. The molecule has 0 fully saturated rings. The molecule has 0 aliphatic carbocycles. The molecule has 0 aliphatic heterocycles. The van der Waals surface area contributed by atoms with Gasteiger partial charge in [0.1, 0.15) is 11.4 Å². The number of aromatic nitrogens is 2. The van der Waals surface area contributed by atoms with Crippen LogP contribution in [0.15, 0.2) is 72.9 Å². The molecule has 0 saturated carbocycles. The highest BCUT2D eigenvalue weighted by atomic mass is 16.5. The third-order valence-corrected chi connectivity index (χ3v) is 5.52. The molecular weight excluding hydrogens is 398 g/mol. The van der Waals surface area contributed by atoms with E-state index in [1.54, 1.807) is 13.2 Å². The first kappa shape index (κ1) is 21.4. The second-order valence-electron chi connectivity index (χ2n) is 8.06. The van der Waals surface area contributed by atoms with Crippen molar-refractivity contribution in [2.45, 2.75) is 26.7 Å². The van der Waals surface area contributed by atoms with Crippen LogP contribution in [-0.2, 0) is 4.79 Å². The van der Waals surface area contributed by atoms with Crippen molar-refractivity contribution in [1.82, 2.24) is 9.38 Å². The quantitative estimate of drug-likeness (QED) is 0.380. The summed E-state index contributed by atoms with van der Waals surface area (Å²) in [6.45, 7) is 6.35. The fourth-order valence-electron chi connectivity index (χ4n) is 3.61. The molecule has 4 rings (SSSR count). The average Bonchev–Trinajstić information content (AvgIpc) is 3.14. The second-order valence-corrected chi connectivity index (χ2v) is 8.06. The molecule has 0 saturated heterocycles. The standard InChI is InChI=1S/C27H27N3O2/c1-18(2)21-8-5-20(6-9-21)7-16-26(31)28-23-12-15-25-29-27(19(3)30(25)17-23)22-10-13-24(32-4)14-11-22/h5-18H,1-4H3,(H,28,31)/b16-7+. The zero-order valence-corrected chi connectivity index (χ0v) is 18.8. The van der Waals surface area contributed by atoms with E-state index >= 15 is 0 Å². The molecule has 2 aromatic heterocycles. The van der Waals surface area contributed by atoms with Crippen molar-refractivity contribution in [3.05, 3.63) is 89.8 Å². The Morgan fingerprint density at radius 1 is 1.03 bits per heavy atom. The lowest BCUT2D eigenvalue weighted by atomic mass is 10.0. The molecule has 0 unspecified atom stereocenters. The highest BCUT2D eigenvalue weighted by molar-refractivity contribution is 6.01. The molecule has 1 amide bonds. The van der Waals surface area contributed by atoms with Crippen molar-refractivity contribution < 1.29 is 9.53 Å². The van der Waals surface area contributed by atoms with Gasteiger partial charge in [-0.15, -0.1) is 0 Å². The summed E-state index contributed by atoms with van der Waals surface area (Å²) in [4.78, 5) is 17.2. The van der Waals surface area contributed by atoms with Crippen LogP contribution < -0.4 is 10.1 Å². The van der Waals surface area contributed by atoms with Crippen LogP contribution >= 0.6 is 0 Å². The number of fused-ring (bicyclic) bond motifs is 1. The number of hydrogen-bond acceptors (Lipinski definition) is 3. The number of benzene rings is 2. The Kier molecular flexibility index (Phi) is 6.08. The van der Waals surface area contributed by atoms with Crippen molar-refractivity contribution in [2.24, 2.45) is 0 Å². The van der Waals surface area contributed by atoms with Gasteiger partial charge in [-0.1, -0.05) is 38.1 Å². The van der Waals surface area contributed by atoms with E-state index in [9.17, 15) is 4.79 Å². The van der Waals surface area contributed by atoms with Crippen LogP contribution in [0.5, 0.6) is 5.75 Å². The maximum atomic E-state index is 12.4. The first-order valence-electron chi connectivity index (χ1n) is 10.7. The Morgan fingerprint density at radius 3 is 2.41 bits per heavy atom. The van der Waals surface area contributed by atoms with Gasteiger partial charge in [0.15, 0.2) is 0 Å². The Balaban J connectivity index is 1.50. The molecule has 2 heterocycles. The van der Waals surface area contributed by atoms with Crippen LogP contribution in [0.25, 0.3) is 23.0 Å². The summed E-state index contributed by atoms with van der Waals surface area (Å²) in [6, 6.07) is 19.9. The molecule has 5 heteroatoms. The van der Waals surface area contributed by atoms with E-state index in [0.29, 0.717) is 11.6 Å². The average molecular weight is 426 g/mol. The Hall–Kier alpha value is -3.86. The van der Waals surface area contributed by atoms with Crippen molar-refractivity contribution in [3.8, 4) is 17.0 Å². The highest BCUT2D eigenvalue weighted by Crippen LogP contribution is 2.26. The van der Waals surface area contributed by atoms with Gasteiger partial charge in [0.2, 0.25) is 5.91 Å². The minimum atomic E-state index is -0.176. The molecule has 5 nitrogen and oxygen atoms in total. The van der Waals surface area contributed by atoms with E-state index in [1.165, 1.54) is 5.56 Å². The predicted molar refractivity (Wildman–Crippen MR) is 130 cm³/mol.